The van der Waals surface area contributed by atoms with Gasteiger partial charge in [0.05, 0.1) is 31.1 Å². The van der Waals surface area contributed by atoms with Gasteiger partial charge in [-0.25, -0.2) is 9.97 Å². The number of hydrogen-bond acceptors (Lipinski definition) is 5. The summed E-state index contributed by atoms with van der Waals surface area (Å²) in [6.07, 6.45) is 5.27. The van der Waals surface area contributed by atoms with E-state index >= 15 is 0 Å². The van der Waals surface area contributed by atoms with Crippen LogP contribution in [0.5, 0.6) is 0 Å². The molecule has 7 heteroatoms. The van der Waals surface area contributed by atoms with E-state index < -0.39 is 5.79 Å². The number of hydrogen-bond donors (Lipinski definition) is 0. The first-order valence-electron chi connectivity index (χ1n) is 9.67. The van der Waals surface area contributed by atoms with Crippen molar-refractivity contribution in [3.05, 3.63) is 71.3 Å². The molecular formula is C22H22ClN3O3. The highest BCUT2D eigenvalue weighted by atomic mass is 35.5. The first-order chi connectivity index (χ1) is 14.0. The maximum atomic E-state index is 6.38. The van der Waals surface area contributed by atoms with Crippen molar-refractivity contribution in [2.45, 2.75) is 44.5 Å². The fourth-order valence-corrected chi connectivity index (χ4v) is 4.39. The molecule has 1 saturated heterocycles. The minimum absolute atomic E-state index is 0.0937. The van der Waals surface area contributed by atoms with Crippen LogP contribution in [-0.4, -0.2) is 39.1 Å². The molecule has 29 heavy (non-hydrogen) atoms. The number of benzene rings is 1. The minimum atomic E-state index is -0.662. The van der Waals surface area contributed by atoms with Crippen LogP contribution < -0.4 is 0 Å². The molecule has 0 unspecified atom stereocenters. The third-order valence-electron chi connectivity index (χ3n) is 5.36. The number of rotatable bonds is 5. The van der Waals surface area contributed by atoms with Gasteiger partial charge >= 0.3 is 0 Å². The van der Waals surface area contributed by atoms with Gasteiger partial charge in [-0.2, -0.15) is 0 Å². The fourth-order valence-electron chi connectivity index (χ4n) is 4.13. The summed E-state index contributed by atoms with van der Waals surface area (Å²) in [6, 6.07) is 11.9. The van der Waals surface area contributed by atoms with Crippen LogP contribution >= 0.6 is 11.6 Å². The van der Waals surface area contributed by atoms with Crippen molar-refractivity contribution in [2.24, 2.45) is 0 Å². The van der Waals surface area contributed by atoms with Crippen molar-refractivity contribution in [1.29, 1.82) is 0 Å². The minimum Gasteiger partial charge on any atom is -0.372 e. The number of ether oxygens (including phenoxy) is 3. The summed E-state index contributed by atoms with van der Waals surface area (Å²) in [4.78, 5) is 8.70. The molecule has 2 aliphatic rings. The number of aromatic nitrogens is 3. The average Bonchev–Trinajstić information content (AvgIpc) is 3.35. The predicted molar refractivity (Wildman–Crippen MR) is 110 cm³/mol. The Balaban J connectivity index is 1.43. The van der Waals surface area contributed by atoms with Crippen molar-refractivity contribution in [3.8, 4) is 0 Å². The van der Waals surface area contributed by atoms with Gasteiger partial charge in [-0.3, -0.25) is 0 Å². The number of imidazole rings is 1. The highest BCUT2D eigenvalue weighted by Gasteiger charge is 2.50. The summed E-state index contributed by atoms with van der Waals surface area (Å²) in [5.41, 5.74) is 3.82. The lowest BCUT2D eigenvalue weighted by Gasteiger charge is -2.22. The van der Waals surface area contributed by atoms with Crippen LogP contribution in [0, 0.1) is 0 Å². The van der Waals surface area contributed by atoms with Gasteiger partial charge in [-0.15, -0.1) is 0 Å². The van der Waals surface area contributed by atoms with Gasteiger partial charge in [0.2, 0.25) is 0 Å². The monoisotopic (exact) mass is 411 g/mol. The quantitative estimate of drug-likeness (QED) is 0.462. The standard InChI is InChI=1S/C22H22ClN3O3/c1-22(2)28-19-15(12-27-11-14-6-4-3-5-7-14)10-17(20(19)29-22)26-13-25-16-8-9-24-21(23)18(16)26/h3-10,13,17,19-20H,11-12H2,1-2H3/t17-,19-,20+/m1/s1. The third-order valence-corrected chi connectivity index (χ3v) is 5.63. The molecule has 0 bridgehead atoms. The second-order valence-corrected chi connectivity index (χ2v) is 8.21. The molecule has 5 rings (SSSR count). The first-order valence-corrected chi connectivity index (χ1v) is 10.0. The van der Waals surface area contributed by atoms with E-state index in [0.717, 1.165) is 22.2 Å². The summed E-state index contributed by atoms with van der Waals surface area (Å²) < 4.78 is 20.5. The number of fused-ring (bicyclic) bond motifs is 2. The number of nitrogens with zero attached hydrogens (tertiary/aromatic N) is 3. The summed E-state index contributed by atoms with van der Waals surface area (Å²) in [6.45, 7) is 4.90. The molecule has 0 saturated carbocycles. The molecule has 3 atom stereocenters. The molecule has 0 spiro atoms. The Morgan fingerprint density at radius 3 is 2.76 bits per heavy atom. The molecule has 1 fully saturated rings. The van der Waals surface area contributed by atoms with Crippen molar-refractivity contribution >= 4 is 22.6 Å². The van der Waals surface area contributed by atoms with Crippen LogP contribution in [0.3, 0.4) is 0 Å². The average molecular weight is 412 g/mol. The van der Waals surface area contributed by atoms with Gasteiger partial charge in [-0.1, -0.05) is 48.0 Å². The summed E-state index contributed by atoms with van der Waals surface area (Å²) in [5.74, 6) is -0.662. The van der Waals surface area contributed by atoms with E-state index in [-0.39, 0.29) is 18.2 Å². The highest BCUT2D eigenvalue weighted by molar-refractivity contribution is 6.33. The lowest BCUT2D eigenvalue weighted by molar-refractivity contribution is -0.148. The third kappa shape index (κ3) is 3.46. The second-order valence-electron chi connectivity index (χ2n) is 7.85. The van der Waals surface area contributed by atoms with E-state index in [1.54, 1.807) is 12.5 Å². The van der Waals surface area contributed by atoms with Gasteiger partial charge in [0.1, 0.15) is 17.7 Å². The molecule has 0 radical (unpaired) electrons. The maximum absolute atomic E-state index is 6.38. The van der Waals surface area contributed by atoms with Crippen molar-refractivity contribution in [2.75, 3.05) is 6.61 Å². The Labute approximate surface area is 174 Å². The zero-order valence-electron chi connectivity index (χ0n) is 16.3. The molecule has 3 heterocycles. The van der Waals surface area contributed by atoms with Gasteiger partial charge in [0.25, 0.3) is 0 Å². The SMILES string of the molecule is CC1(C)O[C@@H]2[C@H](O1)C(COCc1ccccc1)=C[C@H]2n1cnc2ccnc(Cl)c21. The van der Waals surface area contributed by atoms with E-state index in [2.05, 4.69) is 28.2 Å². The highest BCUT2D eigenvalue weighted by Crippen LogP contribution is 2.44. The van der Waals surface area contributed by atoms with Crippen LogP contribution in [-0.2, 0) is 20.8 Å². The normalized spacial score (nSPS) is 25.3. The Morgan fingerprint density at radius 2 is 1.93 bits per heavy atom. The summed E-state index contributed by atoms with van der Waals surface area (Å²) in [7, 11) is 0. The Kier molecular flexibility index (Phi) is 4.67. The van der Waals surface area contributed by atoms with E-state index in [4.69, 9.17) is 25.8 Å². The zero-order valence-corrected chi connectivity index (χ0v) is 17.0. The fraction of sp³-hybridized carbons (Fsp3) is 0.364. The van der Waals surface area contributed by atoms with Gasteiger partial charge in [0.15, 0.2) is 10.9 Å². The van der Waals surface area contributed by atoms with Gasteiger partial charge < -0.3 is 18.8 Å². The molecule has 2 aromatic heterocycles. The molecule has 0 amide bonds. The Morgan fingerprint density at radius 1 is 1.10 bits per heavy atom. The molecule has 0 N–H and O–H groups in total. The Hall–Kier alpha value is -2.25. The van der Waals surface area contributed by atoms with E-state index in [1.807, 2.05) is 42.7 Å². The Bertz CT molecular complexity index is 1060. The molecule has 1 aliphatic carbocycles. The smallest absolute Gasteiger partial charge is 0.164 e. The van der Waals surface area contributed by atoms with Crippen molar-refractivity contribution in [3.63, 3.8) is 0 Å². The van der Waals surface area contributed by atoms with Crippen molar-refractivity contribution in [1.82, 2.24) is 14.5 Å². The molecular weight excluding hydrogens is 390 g/mol. The largest absolute Gasteiger partial charge is 0.372 e. The number of pyridine rings is 1. The van der Waals surface area contributed by atoms with Crippen LogP contribution in [0.4, 0.5) is 0 Å². The van der Waals surface area contributed by atoms with Crippen molar-refractivity contribution < 1.29 is 14.2 Å². The van der Waals surface area contributed by atoms with Gasteiger partial charge in [0, 0.05) is 6.20 Å². The summed E-state index contributed by atoms with van der Waals surface area (Å²) in [5, 5.41) is 0.428. The van der Waals surface area contributed by atoms with Crippen LogP contribution in [0.2, 0.25) is 5.15 Å². The molecule has 1 aromatic carbocycles. The molecule has 3 aromatic rings. The molecule has 150 valence electrons. The van der Waals surface area contributed by atoms with E-state index in [1.165, 1.54) is 0 Å². The van der Waals surface area contributed by atoms with E-state index in [0.29, 0.717) is 18.4 Å². The lowest BCUT2D eigenvalue weighted by atomic mass is 10.1. The number of halogens is 1. The first kappa shape index (κ1) is 18.8. The van der Waals surface area contributed by atoms with Gasteiger partial charge in [-0.05, 0) is 31.1 Å². The lowest BCUT2D eigenvalue weighted by Crippen LogP contribution is -2.28. The van der Waals surface area contributed by atoms with E-state index in [9.17, 15) is 0 Å². The van der Waals surface area contributed by atoms with Crippen LogP contribution in [0.15, 0.2) is 60.6 Å². The maximum Gasteiger partial charge on any atom is 0.164 e. The zero-order chi connectivity index (χ0) is 20.0. The van der Waals surface area contributed by atoms with Crippen LogP contribution in [0.1, 0.15) is 25.5 Å². The predicted octanol–water partition coefficient (Wildman–Crippen LogP) is 4.30. The second kappa shape index (κ2) is 7.22. The molecule has 6 nitrogen and oxygen atoms in total. The molecule has 1 aliphatic heterocycles. The summed E-state index contributed by atoms with van der Waals surface area (Å²) >= 11 is 6.38. The topological polar surface area (TPSA) is 58.4 Å². The van der Waals surface area contributed by atoms with Crippen LogP contribution in [0.25, 0.3) is 11.0 Å².